The first-order chi connectivity index (χ1) is 7.09. The van der Waals surface area contributed by atoms with Gasteiger partial charge in [-0.05, 0) is 24.3 Å². The predicted molar refractivity (Wildman–Crippen MR) is 54.8 cm³/mol. The van der Waals surface area contributed by atoms with E-state index in [2.05, 4.69) is 22.4 Å². The van der Waals surface area contributed by atoms with E-state index in [4.69, 9.17) is 5.11 Å². The molecule has 0 radical (unpaired) electrons. The summed E-state index contributed by atoms with van der Waals surface area (Å²) in [4.78, 5) is 10.7. The molecule has 1 aliphatic carbocycles. The van der Waals surface area contributed by atoms with Gasteiger partial charge in [0.15, 0.2) is 0 Å². The zero-order valence-electron chi connectivity index (χ0n) is 8.53. The van der Waals surface area contributed by atoms with Crippen LogP contribution in [0.25, 0.3) is 0 Å². The van der Waals surface area contributed by atoms with E-state index in [-0.39, 0.29) is 5.56 Å². The number of carbonyl (C=O) groups is 1. The molecule has 1 aromatic heterocycles. The first-order valence-electron chi connectivity index (χ1n) is 4.89. The number of nitrogens with one attached hydrogen (secondary N) is 1. The molecule has 0 spiro atoms. The summed E-state index contributed by atoms with van der Waals surface area (Å²) >= 11 is 0. The van der Waals surface area contributed by atoms with E-state index in [9.17, 15) is 4.79 Å². The zero-order chi connectivity index (χ0) is 10.9. The monoisotopic (exact) mass is 207 g/mol. The molecule has 5 nitrogen and oxygen atoms in total. The van der Waals surface area contributed by atoms with Gasteiger partial charge in [-0.25, -0.2) is 4.79 Å². The van der Waals surface area contributed by atoms with Crippen molar-refractivity contribution in [3.05, 3.63) is 17.8 Å². The van der Waals surface area contributed by atoms with Crippen LogP contribution in [0.3, 0.4) is 0 Å². The topological polar surface area (TPSA) is 75.1 Å². The van der Waals surface area contributed by atoms with Crippen LogP contribution in [0, 0.1) is 5.41 Å². The highest BCUT2D eigenvalue weighted by Gasteiger charge is 2.36. The Hall–Kier alpha value is -1.65. The van der Waals surface area contributed by atoms with Crippen LogP contribution in [0.1, 0.15) is 30.1 Å². The molecule has 0 amide bonds. The molecule has 1 aliphatic rings. The number of hydrogen-bond donors (Lipinski definition) is 2. The summed E-state index contributed by atoms with van der Waals surface area (Å²) in [6.45, 7) is 3.01. The molecule has 0 saturated heterocycles. The average Bonchev–Trinajstić information content (AvgIpc) is 2.95. The zero-order valence-corrected chi connectivity index (χ0v) is 8.53. The summed E-state index contributed by atoms with van der Waals surface area (Å²) in [6.07, 6.45) is 3.67. The highest BCUT2D eigenvalue weighted by molar-refractivity contribution is 5.87. The third kappa shape index (κ3) is 2.43. The molecule has 1 aromatic rings. The highest BCUT2D eigenvalue weighted by Crippen LogP contribution is 2.44. The Morgan fingerprint density at radius 1 is 1.67 bits per heavy atom. The molecule has 2 rings (SSSR count). The molecule has 80 valence electrons. The highest BCUT2D eigenvalue weighted by atomic mass is 16.4. The van der Waals surface area contributed by atoms with E-state index in [1.807, 2.05) is 0 Å². The van der Waals surface area contributed by atoms with Gasteiger partial charge in [-0.15, -0.1) is 5.10 Å². The Balaban J connectivity index is 2.01. The van der Waals surface area contributed by atoms with Crippen LogP contribution < -0.4 is 5.32 Å². The Morgan fingerprint density at radius 3 is 3.00 bits per heavy atom. The van der Waals surface area contributed by atoms with Gasteiger partial charge >= 0.3 is 5.97 Å². The summed E-state index contributed by atoms with van der Waals surface area (Å²) < 4.78 is 0. The SMILES string of the molecule is CC1(CNc2cc(C(=O)O)cnn2)CC1. The lowest BCUT2D eigenvalue weighted by Gasteiger charge is -2.09. The molecule has 0 aromatic carbocycles. The Bertz CT molecular complexity index is 388. The fourth-order valence-corrected chi connectivity index (χ4v) is 1.26. The van der Waals surface area contributed by atoms with Crippen molar-refractivity contribution in [1.82, 2.24) is 10.2 Å². The minimum absolute atomic E-state index is 0.161. The molecule has 0 aliphatic heterocycles. The molecule has 15 heavy (non-hydrogen) atoms. The molecule has 2 N–H and O–H groups in total. The minimum atomic E-state index is -0.981. The summed E-state index contributed by atoms with van der Waals surface area (Å²) in [7, 11) is 0. The van der Waals surface area contributed by atoms with E-state index in [1.165, 1.54) is 25.1 Å². The first kappa shape index (κ1) is 9.89. The number of carboxylic acids is 1. The number of aromatic carboxylic acids is 1. The predicted octanol–water partition coefficient (Wildman–Crippen LogP) is 1.39. The number of aromatic nitrogens is 2. The van der Waals surface area contributed by atoms with Crippen LogP contribution in [0.4, 0.5) is 5.82 Å². The van der Waals surface area contributed by atoms with Crippen LogP contribution >= 0.6 is 0 Å². The van der Waals surface area contributed by atoms with E-state index >= 15 is 0 Å². The van der Waals surface area contributed by atoms with Crippen molar-refractivity contribution in [3.8, 4) is 0 Å². The van der Waals surface area contributed by atoms with Crippen LogP contribution in [-0.2, 0) is 0 Å². The van der Waals surface area contributed by atoms with Crippen molar-refractivity contribution in [1.29, 1.82) is 0 Å². The van der Waals surface area contributed by atoms with Crippen molar-refractivity contribution >= 4 is 11.8 Å². The van der Waals surface area contributed by atoms with E-state index in [0.29, 0.717) is 11.2 Å². The van der Waals surface area contributed by atoms with Gasteiger partial charge in [-0.3, -0.25) is 0 Å². The van der Waals surface area contributed by atoms with Gasteiger partial charge in [0.2, 0.25) is 0 Å². The second-order valence-electron chi connectivity index (χ2n) is 4.30. The fraction of sp³-hybridized carbons (Fsp3) is 0.500. The largest absolute Gasteiger partial charge is 0.478 e. The lowest BCUT2D eigenvalue weighted by atomic mass is 10.1. The lowest BCUT2D eigenvalue weighted by molar-refractivity contribution is 0.0696. The summed E-state index contributed by atoms with van der Waals surface area (Å²) in [5.41, 5.74) is 0.523. The Labute approximate surface area is 87.5 Å². The molecule has 0 bridgehead atoms. The Kier molecular flexibility index (Phi) is 2.30. The van der Waals surface area contributed by atoms with Crippen molar-refractivity contribution in [2.75, 3.05) is 11.9 Å². The second kappa shape index (κ2) is 3.49. The number of carboxylic acid groups (broad SMARTS) is 1. The second-order valence-corrected chi connectivity index (χ2v) is 4.30. The van der Waals surface area contributed by atoms with Gasteiger partial charge in [-0.2, -0.15) is 5.10 Å². The van der Waals surface area contributed by atoms with Crippen LogP contribution in [0.2, 0.25) is 0 Å². The maximum Gasteiger partial charge on any atom is 0.337 e. The van der Waals surface area contributed by atoms with Crippen molar-refractivity contribution in [3.63, 3.8) is 0 Å². The molecule has 1 saturated carbocycles. The maximum absolute atomic E-state index is 10.7. The van der Waals surface area contributed by atoms with E-state index in [0.717, 1.165) is 6.54 Å². The van der Waals surface area contributed by atoms with Crippen LogP contribution in [-0.4, -0.2) is 27.8 Å². The number of hydrogen-bond acceptors (Lipinski definition) is 4. The first-order valence-corrected chi connectivity index (χ1v) is 4.89. The van der Waals surface area contributed by atoms with Gasteiger partial charge < -0.3 is 10.4 Å². The third-order valence-corrected chi connectivity index (χ3v) is 2.70. The third-order valence-electron chi connectivity index (χ3n) is 2.70. The van der Waals surface area contributed by atoms with Crippen LogP contribution in [0.15, 0.2) is 12.3 Å². The number of nitrogens with zero attached hydrogens (tertiary/aromatic N) is 2. The normalized spacial score (nSPS) is 17.1. The van der Waals surface area contributed by atoms with Crippen molar-refractivity contribution < 1.29 is 9.90 Å². The summed E-state index contributed by atoms with van der Waals surface area (Å²) in [5, 5.41) is 19.3. The lowest BCUT2D eigenvalue weighted by Crippen LogP contribution is -2.13. The fourth-order valence-electron chi connectivity index (χ4n) is 1.26. The van der Waals surface area contributed by atoms with Gasteiger partial charge in [0, 0.05) is 6.54 Å². The van der Waals surface area contributed by atoms with E-state index in [1.54, 1.807) is 0 Å². The average molecular weight is 207 g/mol. The minimum Gasteiger partial charge on any atom is -0.478 e. The van der Waals surface area contributed by atoms with Gasteiger partial charge in [0.1, 0.15) is 5.82 Å². The molecular weight excluding hydrogens is 194 g/mol. The quantitative estimate of drug-likeness (QED) is 0.780. The standard InChI is InChI=1S/C10H13N3O2/c1-10(2-3-10)6-11-8-4-7(9(14)15)5-12-13-8/h4-5H,2-3,6H2,1H3,(H,11,13)(H,14,15). The molecule has 1 heterocycles. The number of rotatable bonds is 4. The van der Waals surface area contributed by atoms with Gasteiger partial charge in [0.25, 0.3) is 0 Å². The van der Waals surface area contributed by atoms with Crippen molar-refractivity contribution in [2.45, 2.75) is 19.8 Å². The van der Waals surface area contributed by atoms with Crippen molar-refractivity contribution in [2.24, 2.45) is 5.41 Å². The number of anilines is 1. The molecule has 0 unspecified atom stereocenters. The molecule has 5 heteroatoms. The van der Waals surface area contributed by atoms with Gasteiger partial charge in [-0.1, -0.05) is 6.92 Å². The summed E-state index contributed by atoms with van der Waals surface area (Å²) in [6, 6.07) is 1.50. The smallest absolute Gasteiger partial charge is 0.337 e. The van der Waals surface area contributed by atoms with E-state index < -0.39 is 5.97 Å². The Morgan fingerprint density at radius 2 is 2.40 bits per heavy atom. The molecule has 1 fully saturated rings. The molecule has 0 atom stereocenters. The molecular formula is C10H13N3O2. The van der Waals surface area contributed by atoms with Crippen LogP contribution in [0.5, 0.6) is 0 Å². The van der Waals surface area contributed by atoms with Gasteiger partial charge in [0.05, 0.1) is 11.8 Å². The maximum atomic E-state index is 10.7. The summed E-state index contributed by atoms with van der Waals surface area (Å²) in [5.74, 6) is -0.450.